The molecule has 0 aliphatic rings. The zero-order valence-electron chi connectivity index (χ0n) is 10.9. The van der Waals surface area contributed by atoms with Crippen molar-refractivity contribution in [2.75, 3.05) is 0 Å². The quantitative estimate of drug-likeness (QED) is 0.850. The molecular weight excluding hydrogens is 244 g/mol. The van der Waals surface area contributed by atoms with Crippen molar-refractivity contribution in [3.63, 3.8) is 0 Å². The van der Waals surface area contributed by atoms with Crippen LogP contribution in [0.15, 0.2) is 48.5 Å². The molecule has 0 aliphatic heterocycles. The van der Waals surface area contributed by atoms with E-state index in [4.69, 9.17) is 0 Å². The monoisotopic (exact) mass is 261 g/mol. The summed E-state index contributed by atoms with van der Waals surface area (Å²) >= 11 is 0. The van der Waals surface area contributed by atoms with Crippen LogP contribution in [0.1, 0.15) is 30.5 Å². The second kappa shape index (κ2) is 6.43. The Balaban J connectivity index is 2.01. The summed E-state index contributed by atoms with van der Waals surface area (Å²) in [6, 6.07) is 13.1. The predicted octanol–water partition coefficient (Wildman–Crippen LogP) is 4.21. The maximum atomic E-state index is 13.2. The molecule has 1 nitrogen and oxygen atoms in total. The van der Waals surface area contributed by atoms with Gasteiger partial charge in [-0.15, -0.1) is 0 Å². The lowest BCUT2D eigenvalue weighted by atomic mass is 10.0. The van der Waals surface area contributed by atoms with E-state index < -0.39 is 0 Å². The molecule has 2 aromatic carbocycles. The Morgan fingerprint density at radius 1 is 1.00 bits per heavy atom. The second-order valence-electron chi connectivity index (χ2n) is 4.52. The van der Waals surface area contributed by atoms with E-state index in [1.165, 1.54) is 18.2 Å². The van der Waals surface area contributed by atoms with E-state index in [0.717, 1.165) is 17.5 Å². The largest absolute Gasteiger partial charge is 0.306 e. The highest BCUT2D eigenvalue weighted by molar-refractivity contribution is 5.21. The highest BCUT2D eigenvalue weighted by atomic mass is 19.1. The maximum absolute atomic E-state index is 13.2. The molecule has 0 saturated carbocycles. The molecule has 2 rings (SSSR count). The van der Waals surface area contributed by atoms with Crippen molar-refractivity contribution in [2.24, 2.45) is 0 Å². The van der Waals surface area contributed by atoms with Crippen LogP contribution < -0.4 is 5.32 Å². The van der Waals surface area contributed by atoms with Crippen LogP contribution in [0.3, 0.4) is 0 Å². The Morgan fingerprint density at radius 3 is 2.37 bits per heavy atom. The van der Waals surface area contributed by atoms with Crippen LogP contribution in [-0.4, -0.2) is 0 Å². The van der Waals surface area contributed by atoms with E-state index in [-0.39, 0.29) is 17.7 Å². The fourth-order valence-electron chi connectivity index (χ4n) is 2.06. The predicted molar refractivity (Wildman–Crippen MR) is 72.7 cm³/mol. The fourth-order valence-corrected chi connectivity index (χ4v) is 2.06. The normalized spacial score (nSPS) is 12.4. The molecule has 0 heterocycles. The SMILES string of the molecule is CCC(NCc1ccc(F)cc1)c1cccc(F)c1. The summed E-state index contributed by atoms with van der Waals surface area (Å²) < 4.78 is 26.0. The number of hydrogen-bond acceptors (Lipinski definition) is 1. The van der Waals surface area contributed by atoms with Gasteiger partial charge in [0.1, 0.15) is 11.6 Å². The van der Waals surface area contributed by atoms with Gasteiger partial charge in [-0.2, -0.15) is 0 Å². The third-order valence-electron chi connectivity index (χ3n) is 3.13. The van der Waals surface area contributed by atoms with Gasteiger partial charge in [0.05, 0.1) is 0 Å². The van der Waals surface area contributed by atoms with Gasteiger partial charge in [-0.3, -0.25) is 0 Å². The van der Waals surface area contributed by atoms with Crippen LogP contribution >= 0.6 is 0 Å². The van der Waals surface area contributed by atoms with Gasteiger partial charge in [-0.1, -0.05) is 31.2 Å². The van der Waals surface area contributed by atoms with Crippen molar-refractivity contribution >= 4 is 0 Å². The Hall–Kier alpha value is -1.74. The first-order chi connectivity index (χ1) is 9.19. The summed E-state index contributed by atoms with van der Waals surface area (Å²) in [4.78, 5) is 0. The van der Waals surface area contributed by atoms with E-state index in [0.29, 0.717) is 6.54 Å². The first kappa shape index (κ1) is 13.7. The summed E-state index contributed by atoms with van der Waals surface area (Å²) in [5.74, 6) is -0.458. The van der Waals surface area contributed by atoms with Gasteiger partial charge in [0, 0.05) is 12.6 Å². The highest BCUT2D eigenvalue weighted by Crippen LogP contribution is 2.18. The summed E-state index contributed by atoms with van der Waals surface area (Å²) in [7, 11) is 0. The summed E-state index contributed by atoms with van der Waals surface area (Å²) in [5, 5.41) is 3.36. The molecule has 19 heavy (non-hydrogen) atoms. The molecule has 3 heteroatoms. The van der Waals surface area contributed by atoms with E-state index >= 15 is 0 Å². The number of rotatable bonds is 5. The molecule has 0 fully saturated rings. The number of hydrogen-bond donors (Lipinski definition) is 1. The van der Waals surface area contributed by atoms with Crippen LogP contribution in [0.25, 0.3) is 0 Å². The highest BCUT2D eigenvalue weighted by Gasteiger charge is 2.09. The van der Waals surface area contributed by atoms with Crippen molar-refractivity contribution in [2.45, 2.75) is 25.9 Å². The molecular formula is C16H17F2N. The second-order valence-corrected chi connectivity index (χ2v) is 4.52. The van der Waals surface area contributed by atoms with Crippen molar-refractivity contribution in [1.29, 1.82) is 0 Å². The number of halogens is 2. The molecule has 100 valence electrons. The Morgan fingerprint density at radius 2 is 1.74 bits per heavy atom. The maximum Gasteiger partial charge on any atom is 0.123 e. The minimum Gasteiger partial charge on any atom is -0.306 e. The average molecular weight is 261 g/mol. The van der Waals surface area contributed by atoms with Crippen LogP contribution in [0, 0.1) is 11.6 Å². The zero-order chi connectivity index (χ0) is 13.7. The molecule has 0 saturated heterocycles. The van der Waals surface area contributed by atoms with Gasteiger partial charge in [-0.25, -0.2) is 8.78 Å². The first-order valence-corrected chi connectivity index (χ1v) is 6.42. The molecule has 0 radical (unpaired) electrons. The van der Waals surface area contributed by atoms with Gasteiger partial charge < -0.3 is 5.32 Å². The Labute approximate surface area is 112 Å². The van der Waals surface area contributed by atoms with Crippen LogP contribution in [-0.2, 0) is 6.54 Å². The Bertz CT molecular complexity index is 523. The van der Waals surface area contributed by atoms with E-state index in [2.05, 4.69) is 5.32 Å². The van der Waals surface area contributed by atoms with Gasteiger partial charge in [0.25, 0.3) is 0 Å². The molecule has 0 amide bonds. The summed E-state index contributed by atoms with van der Waals surface area (Å²) in [5.41, 5.74) is 1.95. The lowest BCUT2D eigenvalue weighted by Gasteiger charge is -2.17. The van der Waals surface area contributed by atoms with Gasteiger partial charge in [0.15, 0.2) is 0 Å². The van der Waals surface area contributed by atoms with Crippen LogP contribution in [0.2, 0.25) is 0 Å². The molecule has 1 N–H and O–H groups in total. The molecule has 1 unspecified atom stereocenters. The standard InChI is InChI=1S/C16H17F2N/c1-2-16(13-4-3-5-15(18)10-13)19-11-12-6-8-14(17)9-7-12/h3-10,16,19H,2,11H2,1H3. The minimum atomic E-state index is -0.235. The molecule has 0 bridgehead atoms. The third-order valence-corrected chi connectivity index (χ3v) is 3.13. The third kappa shape index (κ3) is 3.86. The van der Waals surface area contributed by atoms with E-state index in [1.807, 2.05) is 13.0 Å². The topological polar surface area (TPSA) is 12.0 Å². The molecule has 0 aromatic heterocycles. The molecule has 0 spiro atoms. The first-order valence-electron chi connectivity index (χ1n) is 6.42. The van der Waals surface area contributed by atoms with Crippen molar-refractivity contribution in [3.8, 4) is 0 Å². The molecule has 1 atom stereocenters. The van der Waals surface area contributed by atoms with Crippen molar-refractivity contribution < 1.29 is 8.78 Å². The van der Waals surface area contributed by atoms with Gasteiger partial charge >= 0.3 is 0 Å². The zero-order valence-corrected chi connectivity index (χ0v) is 10.9. The van der Waals surface area contributed by atoms with Crippen LogP contribution in [0.4, 0.5) is 8.78 Å². The van der Waals surface area contributed by atoms with Crippen molar-refractivity contribution in [1.82, 2.24) is 5.32 Å². The molecule has 2 aromatic rings. The fraction of sp³-hybridized carbons (Fsp3) is 0.250. The average Bonchev–Trinajstić information content (AvgIpc) is 2.42. The van der Waals surface area contributed by atoms with E-state index in [9.17, 15) is 8.78 Å². The van der Waals surface area contributed by atoms with Crippen molar-refractivity contribution in [3.05, 3.63) is 71.3 Å². The smallest absolute Gasteiger partial charge is 0.123 e. The van der Waals surface area contributed by atoms with Gasteiger partial charge in [0.2, 0.25) is 0 Å². The van der Waals surface area contributed by atoms with E-state index in [1.54, 1.807) is 24.3 Å². The lowest BCUT2D eigenvalue weighted by molar-refractivity contribution is 0.514. The van der Waals surface area contributed by atoms with Crippen LogP contribution in [0.5, 0.6) is 0 Å². The molecule has 0 aliphatic carbocycles. The summed E-state index contributed by atoms with van der Waals surface area (Å²) in [6.45, 7) is 2.68. The lowest BCUT2D eigenvalue weighted by Crippen LogP contribution is -2.20. The number of nitrogens with one attached hydrogen (secondary N) is 1. The van der Waals surface area contributed by atoms with Gasteiger partial charge in [-0.05, 0) is 41.8 Å². The summed E-state index contributed by atoms with van der Waals surface area (Å²) in [6.07, 6.45) is 0.866. The Kier molecular flexibility index (Phi) is 4.63. The number of benzene rings is 2. The minimum absolute atomic E-state index is 0.0979.